The Balaban J connectivity index is 3.53. The van der Waals surface area contributed by atoms with E-state index in [1.165, 1.54) is 40.2 Å². The van der Waals surface area contributed by atoms with Crippen LogP contribution in [0.4, 0.5) is 5.69 Å². The van der Waals surface area contributed by atoms with Gasteiger partial charge in [0.05, 0.1) is 25.5 Å². The Morgan fingerprint density at radius 2 is 1.63 bits per heavy atom. The molecule has 1 aromatic carbocycles. The van der Waals surface area contributed by atoms with E-state index >= 15 is 0 Å². The normalized spacial score (nSPS) is 9.42. The summed E-state index contributed by atoms with van der Waals surface area (Å²) in [5, 5.41) is 8.98. The number of anilines is 1. The van der Waals surface area contributed by atoms with E-state index in [2.05, 4.69) is 0 Å². The number of hydrogen-bond acceptors (Lipinski definition) is 5. The van der Waals surface area contributed by atoms with Crippen LogP contribution in [0.5, 0.6) is 11.5 Å². The molecule has 0 aliphatic carbocycles. The summed E-state index contributed by atoms with van der Waals surface area (Å²) in [6.07, 6.45) is 0. The minimum atomic E-state index is -0.447. The van der Waals surface area contributed by atoms with Crippen LogP contribution in [-0.2, 0) is 9.59 Å². The molecule has 100 valence electrons. The minimum absolute atomic E-state index is 0.248. The van der Waals surface area contributed by atoms with Crippen molar-refractivity contribution < 1.29 is 19.1 Å². The van der Waals surface area contributed by atoms with E-state index in [9.17, 15) is 9.59 Å². The Morgan fingerprint density at radius 3 is 2.00 bits per heavy atom. The number of benzene rings is 1. The third kappa shape index (κ3) is 2.83. The van der Waals surface area contributed by atoms with Crippen LogP contribution in [-0.4, -0.2) is 26.0 Å². The molecule has 0 radical (unpaired) electrons. The van der Waals surface area contributed by atoms with Gasteiger partial charge in [-0.1, -0.05) is 0 Å². The first kappa shape index (κ1) is 14.5. The molecule has 0 unspecified atom stereocenters. The highest BCUT2D eigenvalue weighted by atomic mass is 16.5. The summed E-state index contributed by atoms with van der Waals surface area (Å²) >= 11 is 0. The average molecular weight is 262 g/mol. The van der Waals surface area contributed by atoms with Gasteiger partial charge in [0.1, 0.15) is 17.6 Å². The van der Waals surface area contributed by atoms with Crippen molar-refractivity contribution in [1.82, 2.24) is 0 Å². The first-order valence-corrected chi connectivity index (χ1v) is 5.43. The van der Waals surface area contributed by atoms with Gasteiger partial charge in [-0.25, -0.2) is 4.90 Å². The van der Waals surface area contributed by atoms with Gasteiger partial charge in [0.25, 0.3) is 0 Å². The smallest absolute Gasteiger partial charge is 0.230 e. The number of ether oxygens (including phenoxy) is 2. The van der Waals surface area contributed by atoms with E-state index in [0.717, 1.165) is 4.90 Å². The van der Waals surface area contributed by atoms with Gasteiger partial charge in [0, 0.05) is 26.0 Å². The van der Waals surface area contributed by atoms with E-state index in [4.69, 9.17) is 14.7 Å². The number of rotatable bonds is 3. The van der Waals surface area contributed by atoms with Gasteiger partial charge in [-0.3, -0.25) is 9.59 Å². The summed E-state index contributed by atoms with van der Waals surface area (Å²) in [7, 11) is 2.79. The first-order chi connectivity index (χ1) is 8.96. The molecule has 0 spiro atoms. The molecule has 0 fully saturated rings. The van der Waals surface area contributed by atoms with Gasteiger partial charge in [0.15, 0.2) is 0 Å². The third-order valence-electron chi connectivity index (χ3n) is 2.49. The Hall–Kier alpha value is -2.55. The molecule has 19 heavy (non-hydrogen) atoms. The molecule has 1 rings (SSSR count). The molecule has 0 aliphatic rings. The molecular formula is C13H14N2O4. The van der Waals surface area contributed by atoms with Gasteiger partial charge in [-0.05, 0) is 0 Å². The topological polar surface area (TPSA) is 79.6 Å². The monoisotopic (exact) mass is 262 g/mol. The minimum Gasteiger partial charge on any atom is -0.495 e. The van der Waals surface area contributed by atoms with Crippen molar-refractivity contribution >= 4 is 17.5 Å². The quantitative estimate of drug-likeness (QED) is 0.824. The number of carbonyl (C=O) groups excluding carboxylic acids is 2. The number of carbonyl (C=O) groups is 2. The fourth-order valence-electron chi connectivity index (χ4n) is 1.70. The predicted molar refractivity (Wildman–Crippen MR) is 68.1 cm³/mol. The maximum atomic E-state index is 11.6. The van der Waals surface area contributed by atoms with E-state index in [0.29, 0.717) is 0 Å². The molecule has 0 saturated carbocycles. The summed E-state index contributed by atoms with van der Waals surface area (Å²) in [6.45, 7) is 2.54. The van der Waals surface area contributed by atoms with Gasteiger partial charge in [0.2, 0.25) is 11.8 Å². The molecule has 0 heterocycles. The number of amides is 2. The number of hydrogen-bond donors (Lipinski definition) is 0. The van der Waals surface area contributed by atoms with Crippen LogP contribution in [0, 0.1) is 11.3 Å². The van der Waals surface area contributed by atoms with E-state index in [1.807, 2.05) is 6.07 Å². The maximum Gasteiger partial charge on any atom is 0.230 e. The van der Waals surface area contributed by atoms with Crippen molar-refractivity contribution in [3.63, 3.8) is 0 Å². The first-order valence-electron chi connectivity index (χ1n) is 5.43. The second-order valence-electron chi connectivity index (χ2n) is 3.71. The van der Waals surface area contributed by atoms with Gasteiger partial charge < -0.3 is 9.47 Å². The zero-order valence-electron chi connectivity index (χ0n) is 11.2. The summed E-state index contributed by atoms with van der Waals surface area (Å²) < 4.78 is 10.2. The standard InChI is InChI=1S/C13H14N2O4/c1-8(16)15(9(2)17)11-6-12(18-3)10(7-14)5-13(11)19-4/h5-6H,1-4H3. The van der Waals surface area contributed by atoms with E-state index < -0.39 is 11.8 Å². The zero-order valence-corrected chi connectivity index (χ0v) is 11.2. The molecular weight excluding hydrogens is 248 g/mol. The Bertz CT molecular complexity index is 546. The fourth-order valence-corrected chi connectivity index (χ4v) is 1.70. The lowest BCUT2D eigenvalue weighted by molar-refractivity contribution is -0.124. The predicted octanol–water partition coefficient (Wildman–Crippen LogP) is 1.47. The highest BCUT2D eigenvalue weighted by Crippen LogP contribution is 2.35. The van der Waals surface area contributed by atoms with Crippen LogP contribution in [0.3, 0.4) is 0 Å². The molecule has 0 saturated heterocycles. The molecule has 0 aliphatic heterocycles. The molecule has 0 aromatic heterocycles. The second kappa shape index (κ2) is 5.87. The fraction of sp³-hybridized carbons (Fsp3) is 0.308. The second-order valence-corrected chi connectivity index (χ2v) is 3.71. The van der Waals surface area contributed by atoms with Gasteiger partial charge >= 0.3 is 0 Å². The number of methoxy groups -OCH3 is 2. The van der Waals surface area contributed by atoms with Crippen LogP contribution < -0.4 is 14.4 Å². The largest absolute Gasteiger partial charge is 0.495 e. The molecule has 0 bridgehead atoms. The van der Waals surface area contributed by atoms with Crippen LogP contribution in [0.2, 0.25) is 0 Å². The number of nitriles is 1. The SMILES string of the molecule is COc1cc(N(C(C)=O)C(C)=O)c(OC)cc1C#N. The van der Waals surface area contributed by atoms with Crippen LogP contribution >= 0.6 is 0 Å². The molecule has 0 N–H and O–H groups in total. The Labute approximate surface area is 111 Å². The average Bonchev–Trinajstić information content (AvgIpc) is 2.37. The Morgan fingerprint density at radius 1 is 1.11 bits per heavy atom. The van der Waals surface area contributed by atoms with E-state index in [1.54, 1.807) is 0 Å². The highest BCUT2D eigenvalue weighted by Gasteiger charge is 2.22. The summed E-state index contributed by atoms with van der Waals surface area (Å²) in [5.74, 6) is -0.372. The van der Waals surface area contributed by atoms with Crippen molar-refractivity contribution in [3.05, 3.63) is 17.7 Å². The van der Waals surface area contributed by atoms with E-state index in [-0.39, 0.29) is 22.7 Å². The lowest BCUT2D eigenvalue weighted by Gasteiger charge is -2.21. The van der Waals surface area contributed by atoms with Crippen molar-refractivity contribution in [2.24, 2.45) is 0 Å². The molecule has 2 amide bonds. The molecule has 1 aromatic rings. The summed E-state index contributed by atoms with van der Waals surface area (Å²) in [5.41, 5.74) is 0.508. The van der Waals surface area contributed by atoms with Crippen LogP contribution in [0.25, 0.3) is 0 Å². The van der Waals surface area contributed by atoms with Gasteiger partial charge in [-0.2, -0.15) is 5.26 Å². The van der Waals surface area contributed by atoms with Crippen molar-refractivity contribution in [1.29, 1.82) is 5.26 Å². The highest BCUT2D eigenvalue weighted by molar-refractivity contribution is 6.14. The summed E-state index contributed by atoms with van der Waals surface area (Å²) in [6, 6.07) is 4.81. The summed E-state index contributed by atoms with van der Waals surface area (Å²) in [4.78, 5) is 24.1. The number of nitrogens with zero attached hydrogens (tertiary/aromatic N) is 2. The third-order valence-corrected chi connectivity index (χ3v) is 2.49. The van der Waals surface area contributed by atoms with Crippen molar-refractivity contribution in [3.8, 4) is 17.6 Å². The lowest BCUT2D eigenvalue weighted by atomic mass is 10.1. The van der Waals surface area contributed by atoms with Crippen molar-refractivity contribution in [2.45, 2.75) is 13.8 Å². The van der Waals surface area contributed by atoms with Crippen molar-refractivity contribution in [2.75, 3.05) is 19.1 Å². The molecule has 6 nitrogen and oxygen atoms in total. The molecule has 0 atom stereocenters. The number of imide groups is 1. The molecule has 6 heteroatoms. The lowest BCUT2D eigenvalue weighted by Crippen LogP contribution is -2.33. The maximum absolute atomic E-state index is 11.6. The zero-order chi connectivity index (χ0) is 14.6. The van der Waals surface area contributed by atoms with Crippen LogP contribution in [0.1, 0.15) is 19.4 Å². The Kier molecular flexibility index (Phi) is 4.48. The van der Waals surface area contributed by atoms with Gasteiger partial charge in [-0.15, -0.1) is 0 Å². The van der Waals surface area contributed by atoms with Crippen LogP contribution in [0.15, 0.2) is 12.1 Å².